The summed E-state index contributed by atoms with van der Waals surface area (Å²) in [5, 5.41) is 3.60. The number of rotatable bonds is 6. The zero-order chi connectivity index (χ0) is 21.9. The normalized spacial score (nSPS) is 11.2. The van der Waals surface area contributed by atoms with E-state index in [4.69, 9.17) is 23.2 Å². The predicted octanol–water partition coefficient (Wildman–Crippen LogP) is 5.44. The summed E-state index contributed by atoms with van der Waals surface area (Å²) >= 11 is 12.0. The van der Waals surface area contributed by atoms with Crippen LogP contribution in [0.4, 0.5) is 11.4 Å². The van der Waals surface area contributed by atoms with Crippen molar-refractivity contribution in [3.05, 3.63) is 87.9 Å². The Kier molecular flexibility index (Phi) is 6.71. The molecule has 3 aromatic rings. The van der Waals surface area contributed by atoms with E-state index in [1.54, 1.807) is 18.2 Å². The lowest BCUT2D eigenvalue weighted by Gasteiger charge is -2.24. The number of benzene rings is 3. The fourth-order valence-electron chi connectivity index (χ4n) is 3.00. The van der Waals surface area contributed by atoms with E-state index in [2.05, 4.69) is 5.32 Å². The van der Waals surface area contributed by atoms with Gasteiger partial charge in [0.25, 0.3) is 10.0 Å². The van der Waals surface area contributed by atoms with Gasteiger partial charge in [-0.05, 0) is 67.4 Å². The van der Waals surface area contributed by atoms with Crippen LogP contribution >= 0.6 is 23.2 Å². The molecule has 0 atom stereocenters. The topological polar surface area (TPSA) is 66.5 Å². The lowest BCUT2D eigenvalue weighted by molar-refractivity contribution is -0.114. The highest BCUT2D eigenvalue weighted by molar-refractivity contribution is 7.92. The van der Waals surface area contributed by atoms with Gasteiger partial charge in [-0.1, -0.05) is 47.5 Å². The lowest BCUT2D eigenvalue weighted by Crippen LogP contribution is -2.38. The highest BCUT2D eigenvalue weighted by Crippen LogP contribution is 2.27. The van der Waals surface area contributed by atoms with E-state index in [9.17, 15) is 13.2 Å². The largest absolute Gasteiger partial charge is 0.324 e. The number of nitrogens with one attached hydrogen (secondary N) is 1. The molecule has 8 heteroatoms. The second-order valence-corrected chi connectivity index (χ2v) is 9.50. The van der Waals surface area contributed by atoms with Crippen molar-refractivity contribution in [3.8, 4) is 0 Å². The molecule has 156 valence electrons. The molecule has 0 bridgehead atoms. The molecule has 0 heterocycles. The van der Waals surface area contributed by atoms with E-state index >= 15 is 0 Å². The SMILES string of the molecule is Cc1cccc(C)c1NC(=O)CN(c1cccc(Cl)c1)S(=O)(=O)c1ccc(Cl)cc1. The molecule has 3 rings (SSSR count). The zero-order valence-corrected chi connectivity index (χ0v) is 18.7. The standard InChI is InChI=1S/C22H20Cl2N2O3S/c1-15-5-3-6-16(2)22(15)25-21(27)14-26(19-8-4-7-18(24)13-19)30(28,29)20-11-9-17(23)10-12-20/h3-13H,14H2,1-2H3,(H,25,27). The number of nitrogens with zero attached hydrogens (tertiary/aromatic N) is 1. The molecule has 0 saturated carbocycles. The van der Waals surface area contributed by atoms with Crippen LogP contribution in [0.1, 0.15) is 11.1 Å². The third-order valence-corrected chi connectivity index (χ3v) is 6.81. The summed E-state index contributed by atoms with van der Waals surface area (Å²) in [6.07, 6.45) is 0. The molecule has 1 N–H and O–H groups in total. The third-order valence-electron chi connectivity index (χ3n) is 4.53. The van der Waals surface area contributed by atoms with Gasteiger partial charge in [0, 0.05) is 15.7 Å². The maximum absolute atomic E-state index is 13.3. The van der Waals surface area contributed by atoms with Gasteiger partial charge < -0.3 is 5.32 Å². The molecule has 0 unspecified atom stereocenters. The molecule has 30 heavy (non-hydrogen) atoms. The summed E-state index contributed by atoms with van der Waals surface area (Å²) in [4.78, 5) is 12.9. The first-order chi connectivity index (χ1) is 14.2. The van der Waals surface area contributed by atoms with Crippen molar-refractivity contribution in [3.63, 3.8) is 0 Å². The number of sulfonamides is 1. The highest BCUT2D eigenvalue weighted by atomic mass is 35.5. The second kappa shape index (κ2) is 9.08. The van der Waals surface area contributed by atoms with Crippen molar-refractivity contribution >= 4 is 50.5 Å². The molecule has 3 aromatic carbocycles. The number of hydrogen-bond acceptors (Lipinski definition) is 3. The number of amides is 1. The Balaban J connectivity index is 1.98. The number of aryl methyl sites for hydroxylation is 2. The maximum atomic E-state index is 13.3. The van der Waals surface area contributed by atoms with Gasteiger partial charge in [-0.3, -0.25) is 9.10 Å². The lowest BCUT2D eigenvalue weighted by atomic mass is 10.1. The first-order valence-corrected chi connectivity index (χ1v) is 11.3. The predicted molar refractivity (Wildman–Crippen MR) is 122 cm³/mol. The van der Waals surface area contributed by atoms with Gasteiger partial charge in [-0.15, -0.1) is 0 Å². The summed E-state index contributed by atoms with van der Waals surface area (Å²) in [5.41, 5.74) is 2.72. The molecular weight excluding hydrogens is 443 g/mol. The van der Waals surface area contributed by atoms with Crippen molar-refractivity contribution in [2.75, 3.05) is 16.2 Å². The number of hydrogen-bond donors (Lipinski definition) is 1. The molecule has 0 aromatic heterocycles. The van der Waals surface area contributed by atoms with Gasteiger partial charge in [0.2, 0.25) is 5.91 Å². The van der Waals surface area contributed by atoms with Gasteiger partial charge in [-0.2, -0.15) is 0 Å². The van der Waals surface area contributed by atoms with Gasteiger partial charge in [-0.25, -0.2) is 8.42 Å². The van der Waals surface area contributed by atoms with E-state index in [1.165, 1.54) is 30.3 Å². The van der Waals surface area contributed by atoms with Gasteiger partial charge in [0.05, 0.1) is 10.6 Å². The van der Waals surface area contributed by atoms with Gasteiger partial charge in [0.1, 0.15) is 6.54 Å². The zero-order valence-electron chi connectivity index (χ0n) is 16.4. The smallest absolute Gasteiger partial charge is 0.264 e. The fraction of sp³-hybridized carbons (Fsp3) is 0.136. The Morgan fingerprint density at radius 1 is 0.900 bits per heavy atom. The molecule has 0 aliphatic rings. The van der Waals surface area contributed by atoms with E-state index < -0.39 is 22.5 Å². The van der Waals surface area contributed by atoms with Crippen LogP contribution in [-0.2, 0) is 14.8 Å². The maximum Gasteiger partial charge on any atom is 0.264 e. The Hall–Kier alpha value is -2.54. The first kappa shape index (κ1) is 22.2. The molecule has 0 aliphatic heterocycles. The van der Waals surface area contributed by atoms with E-state index in [0.717, 1.165) is 15.4 Å². The van der Waals surface area contributed by atoms with E-state index in [0.29, 0.717) is 15.7 Å². The van der Waals surface area contributed by atoms with Gasteiger partial charge >= 0.3 is 0 Å². The Morgan fingerprint density at radius 2 is 1.50 bits per heavy atom. The molecular formula is C22H20Cl2N2O3S. The van der Waals surface area contributed by atoms with Crippen LogP contribution in [0.25, 0.3) is 0 Å². The quantitative estimate of drug-likeness (QED) is 0.529. The minimum atomic E-state index is -4.04. The minimum absolute atomic E-state index is 0.0201. The van der Waals surface area contributed by atoms with Crippen LogP contribution in [0.3, 0.4) is 0 Å². The van der Waals surface area contributed by atoms with Crippen LogP contribution in [0.15, 0.2) is 71.6 Å². The van der Waals surface area contributed by atoms with E-state index in [1.807, 2.05) is 32.0 Å². The molecule has 0 saturated heterocycles. The summed E-state index contributed by atoms with van der Waals surface area (Å²) in [6, 6.07) is 17.8. The van der Waals surface area contributed by atoms with Gasteiger partial charge in [0.15, 0.2) is 0 Å². The fourth-order valence-corrected chi connectivity index (χ4v) is 4.72. The average Bonchev–Trinajstić information content (AvgIpc) is 2.69. The molecule has 0 fully saturated rings. The van der Waals surface area contributed by atoms with E-state index in [-0.39, 0.29) is 10.6 Å². The molecule has 0 radical (unpaired) electrons. The number of anilines is 2. The second-order valence-electron chi connectivity index (χ2n) is 6.76. The highest BCUT2D eigenvalue weighted by Gasteiger charge is 2.27. The van der Waals surface area contributed by atoms with Crippen molar-refractivity contribution < 1.29 is 13.2 Å². The number of halogens is 2. The van der Waals surface area contributed by atoms with Crippen LogP contribution in [0.5, 0.6) is 0 Å². The van der Waals surface area contributed by atoms with Crippen LogP contribution in [0, 0.1) is 13.8 Å². The van der Waals surface area contributed by atoms with Crippen molar-refractivity contribution in [1.82, 2.24) is 0 Å². The first-order valence-electron chi connectivity index (χ1n) is 9.08. The number of para-hydroxylation sites is 1. The Bertz CT molecular complexity index is 1160. The third kappa shape index (κ3) is 4.95. The summed E-state index contributed by atoms with van der Waals surface area (Å²) < 4.78 is 27.7. The molecule has 0 spiro atoms. The summed E-state index contributed by atoms with van der Waals surface area (Å²) in [5.74, 6) is -0.468. The Morgan fingerprint density at radius 3 is 2.10 bits per heavy atom. The summed E-state index contributed by atoms with van der Waals surface area (Å²) in [7, 11) is -4.04. The number of carbonyl (C=O) groups is 1. The van der Waals surface area contributed by atoms with Crippen molar-refractivity contribution in [2.24, 2.45) is 0 Å². The van der Waals surface area contributed by atoms with Crippen LogP contribution in [-0.4, -0.2) is 20.9 Å². The van der Waals surface area contributed by atoms with Crippen molar-refractivity contribution in [1.29, 1.82) is 0 Å². The monoisotopic (exact) mass is 462 g/mol. The molecule has 5 nitrogen and oxygen atoms in total. The number of carbonyl (C=O) groups excluding carboxylic acids is 1. The average molecular weight is 463 g/mol. The summed E-state index contributed by atoms with van der Waals surface area (Å²) in [6.45, 7) is 3.34. The van der Waals surface area contributed by atoms with Crippen LogP contribution < -0.4 is 9.62 Å². The Labute approximate surface area is 186 Å². The molecule has 0 aliphatic carbocycles. The molecule has 1 amide bonds. The van der Waals surface area contributed by atoms with Crippen LogP contribution in [0.2, 0.25) is 10.0 Å². The minimum Gasteiger partial charge on any atom is -0.324 e. The van der Waals surface area contributed by atoms with Crippen molar-refractivity contribution in [2.45, 2.75) is 18.7 Å².